The van der Waals surface area contributed by atoms with E-state index in [1.807, 2.05) is 25.7 Å². The van der Waals surface area contributed by atoms with Gasteiger partial charge in [0, 0.05) is 70.5 Å². The van der Waals surface area contributed by atoms with E-state index in [4.69, 9.17) is 4.74 Å². The molecule has 0 saturated carbocycles. The molecule has 1 amide bonds. The van der Waals surface area contributed by atoms with Crippen LogP contribution in [0.4, 0.5) is 4.79 Å². The lowest BCUT2D eigenvalue weighted by molar-refractivity contribution is -0.00860. The molecule has 3 saturated heterocycles. The third kappa shape index (κ3) is 7.16. The summed E-state index contributed by atoms with van der Waals surface area (Å²) in [4.78, 5) is 23.2. The van der Waals surface area contributed by atoms with Crippen molar-refractivity contribution in [2.45, 2.75) is 76.7 Å². The lowest BCUT2D eigenvalue weighted by atomic mass is 9.91. The quantitative estimate of drug-likeness (QED) is 0.545. The average molecular weight is 519 g/mol. The Morgan fingerprint density at radius 3 is 2.00 bits per heavy atom. The Kier molecular flexibility index (Phi) is 8.71. The van der Waals surface area contributed by atoms with Gasteiger partial charge in [-0.05, 0) is 57.6 Å². The summed E-state index contributed by atoms with van der Waals surface area (Å²) in [7, 11) is 0. The lowest BCUT2D eigenvalue weighted by Crippen LogP contribution is -2.58. The van der Waals surface area contributed by atoms with Crippen LogP contribution in [0.1, 0.15) is 51.2 Å². The number of amides is 1. The maximum absolute atomic E-state index is 13.1. The van der Waals surface area contributed by atoms with Gasteiger partial charge in [0.1, 0.15) is 5.60 Å². The van der Waals surface area contributed by atoms with Crippen molar-refractivity contribution in [2.24, 2.45) is 0 Å². The molecule has 6 nitrogen and oxygen atoms in total. The van der Waals surface area contributed by atoms with Crippen molar-refractivity contribution >= 4 is 6.09 Å². The second-order valence-electron chi connectivity index (χ2n) is 12.4. The molecule has 3 atom stereocenters. The molecular formula is C32H46N4O2. The zero-order valence-electron chi connectivity index (χ0n) is 23.6. The second kappa shape index (κ2) is 12.2. The molecule has 2 aromatic rings. The fraction of sp³-hybridized carbons (Fsp3) is 0.594. The number of hydrogen-bond donors (Lipinski definition) is 0. The van der Waals surface area contributed by atoms with Crippen LogP contribution >= 0.6 is 0 Å². The Bertz CT molecular complexity index is 1020. The highest BCUT2D eigenvalue weighted by Gasteiger charge is 2.38. The van der Waals surface area contributed by atoms with Crippen molar-refractivity contribution in [2.75, 3.05) is 45.8 Å². The first-order chi connectivity index (χ1) is 18.3. The predicted octanol–water partition coefficient (Wildman–Crippen LogP) is 4.89. The Morgan fingerprint density at radius 2 is 1.37 bits per heavy atom. The number of carbonyl (C=O) groups excluding carboxylic acids is 1. The van der Waals surface area contributed by atoms with Gasteiger partial charge in [-0.1, -0.05) is 60.7 Å². The third-order valence-corrected chi connectivity index (χ3v) is 8.51. The number of ether oxygens (including phenoxy) is 1. The number of likely N-dealkylation sites (tertiary alicyclic amines) is 2. The molecule has 3 fully saturated rings. The number of benzene rings is 2. The number of rotatable bonds is 6. The van der Waals surface area contributed by atoms with Crippen LogP contribution < -0.4 is 0 Å². The normalized spacial score (nSPS) is 26.0. The Hall–Kier alpha value is -2.41. The Morgan fingerprint density at radius 1 is 0.789 bits per heavy atom. The Labute approximate surface area is 229 Å². The SMILES string of the molecule is CC(C)(C)OC(=O)N1CCC(N2CCN(C3CCN(Cc4ccccc4)C3)CC2)CC1Cc1ccccc1. The summed E-state index contributed by atoms with van der Waals surface area (Å²) in [6.07, 6.45) is 4.04. The highest BCUT2D eigenvalue weighted by molar-refractivity contribution is 5.68. The molecule has 6 heteroatoms. The van der Waals surface area contributed by atoms with E-state index in [-0.39, 0.29) is 12.1 Å². The van der Waals surface area contributed by atoms with E-state index in [1.165, 1.54) is 30.6 Å². The van der Waals surface area contributed by atoms with Gasteiger partial charge in [-0.2, -0.15) is 0 Å². The molecular weight excluding hydrogens is 472 g/mol. The fourth-order valence-electron chi connectivity index (χ4n) is 6.57. The van der Waals surface area contributed by atoms with E-state index in [0.29, 0.717) is 12.1 Å². The zero-order valence-corrected chi connectivity index (χ0v) is 23.6. The first kappa shape index (κ1) is 27.2. The summed E-state index contributed by atoms with van der Waals surface area (Å²) in [5.41, 5.74) is 2.23. The first-order valence-electron chi connectivity index (χ1n) is 14.6. The summed E-state index contributed by atoms with van der Waals surface area (Å²) in [6, 6.07) is 22.9. The number of piperazine rings is 1. The molecule has 3 heterocycles. The zero-order chi connectivity index (χ0) is 26.5. The molecule has 3 unspecified atom stereocenters. The minimum Gasteiger partial charge on any atom is -0.444 e. The van der Waals surface area contributed by atoms with Crippen LogP contribution in [-0.2, 0) is 17.7 Å². The number of carbonyl (C=O) groups is 1. The molecule has 0 N–H and O–H groups in total. The number of hydrogen-bond acceptors (Lipinski definition) is 5. The van der Waals surface area contributed by atoms with Crippen molar-refractivity contribution in [3.63, 3.8) is 0 Å². The summed E-state index contributed by atoms with van der Waals surface area (Å²) in [6.45, 7) is 14.6. The van der Waals surface area contributed by atoms with E-state index < -0.39 is 5.60 Å². The van der Waals surface area contributed by atoms with Gasteiger partial charge >= 0.3 is 6.09 Å². The molecule has 0 aliphatic carbocycles. The predicted molar refractivity (Wildman–Crippen MR) is 153 cm³/mol. The van der Waals surface area contributed by atoms with Crippen LogP contribution in [0.25, 0.3) is 0 Å². The molecule has 5 rings (SSSR count). The topological polar surface area (TPSA) is 39.3 Å². The molecule has 0 spiro atoms. The number of nitrogens with zero attached hydrogens (tertiary/aromatic N) is 4. The van der Waals surface area contributed by atoms with Crippen molar-refractivity contribution in [3.8, 4) is 0 Å². The van der Waals surface area contributed by atoms with Gasteiger partial charge in [-0.15, -0.1) is 0 Å². The minimum absolute atomic E-state index is 0.164. The van der Waals surface area contributed by atoms with Crippen LogP contribution in [0.5, 0.6) is 0 Å². The summed E-state index contributed by atoms with van der Waals surface area (Å²) in [5, 5.41) is 0. The monoisotopic (exact) mass is 518 g/mol. The van der Waals surface area contributed by atoms with Gasteiger partial charge < -0.3 is 9.64 Å². The maximum Gasteiger partial charge on any atom is 0.410 e. The van der Waals surface area contributed by atoms with Gasteiger partial charge in [0.05, 0.1) is 0 Å². The minimum atomic E-state index is -0.474. The maximum atomic E-state index is 13.1. The van der Waals surface area contributed by atoms with Gasteiger partial charge in [-0.3, -0.25) is 14.7 Å². The van der Waals surface area contributed by atoms with Gasteiger partial charge in [-0.25, -0.2) is 4.79 Å². The molecule has 38 heavy (non-hydrogen) atoms. The van der Waals surface area contributed by atoms with Crippen molar-refractivity contribution < 1.29 is 9.53 Å². The van der Waals surface area contributed by atoms with Crippen molar-refractivity contribution in [1.82, 2.24) is 19.6 Å². The second-order valence-corrected chi connectivity index (χ2v) is 12.4. The van der Waals surface area contributed by atoms with Gasteiger partial charge in [0.25, 0.3) is 0 Å². The highest BCUT2D eigenvalue weighted by atomic mass is 16.6. The van der Waals surface area contributed by atoms with Crippen molar-refractivity contribution in [3.05, 3.63) is 71.8 Å². The van der Waals surface area contributed by atoms with E-state index in [2.05, 4.69) is 75.4 Å². The smallest absolute Gasteiger partial charge is 0.410 e. The Balaban J connectivity index is 1.15. The highest BCUT2D eigenvalue weighted by Crippen LogP contribution is 2.28. The van der Waals surface area contributed by atoms with E-state index in [9.17, 15) is 4.79 Å². The summed E-state index contributed by atoms with van der Waals surface area (Å²) in [5.74, 6) is 0. The molecule has 3 aliphatic heterocycles. The molecule has 3 aliphatic rings. The molecule has 0 bridgehead atoms. The molecule has 2 aromatic carbocycles. The third-order valence-electron chi connectivity index (χ3n) is 8.51. The van der Waals surface area contributed by atoms with Crippen molar-refractivity contribution in [1.29, 1.82) is 0 Å². The van der Waals surface area contributed by atoms with Gasteiger partial charge in [0.2, 0.25) is 0 Å². The first-order valence-corrected chi connectivity index (χ1v) is 14.6. The largest absolute Gasteiger partial charge is 0.444 e. The summed E-state index contributed by atoms with van der Waals surface area (Å²) < 4.78 is 5.81. The molecule has 206 valence electrons. The van der Waals surface area contributed by atoms with E-state index in [0.717, 1.165) is 58.5 Å². The molecule has 0 radical (unpaired) electrons. The van der Waals surface area contributed by atoms with E-state index >= 15 is 0 Å². The number of piperidine rings is 1. The van der Waals surface area contributed by atoms with Crippen LogP contribution in [0.2, 0.25) is 0 Å². The van der Waals surface area contributed by atoms with Gasteiger partial charge in [0.15, 0.2) is 0 Å². The average Bonchev–Trinajstić information content (AvgIpc) is 3.37. The lowest BCUT2D eigenvalue weighted by Gasteiger charge is -2.47. The van der Waals surface area contributed by atoms with Crippen LogP contribution in [-0.4, -0.2) is 95.2 Å². The fourth-order valence-corrected chi connectivity index (χ4v) is 6.57. The van der Waals surface area contributed by atoms with E-state index in [1.54, 1.807) is 0 Å². The van der Waals surface area contributed by atoms with Crippen LogP contribution in [0.15, 0.2) is 60.7 Å². The summed E-state index contributed by atoms with van der Waals surface area (Å²) >= 11 is 0. The molecule has 0 aromatic heterocycles. The van der Waals surface area contributed by atoms with Crippen LogP contribution in [0, 0.1) is 0 Å². The standard InChI is InChI=1S/C32H46N4O2/c1-32(2,3)38-31(37)36-17-15-28(23-30(36)22-26-10-6-4-7-11-26)34-18-20-35(21-19-34)29-14-16-33(25-29)24-27-12-8-5-9-13-27/h4-13,28-30H,14-25H2,1-3H3. The van der Waals surface area contributed by atoms with Crippen LogP contribution in [0.3, 0.4) is 0 Å².